The molecule has 1 aromatic carbocycles. The quantitative estimate of drug-likeness (QED) is 0.789. The van der Waals surface area contributed by atoms with Gasteiger partial charge >= 0.3 is 6.03 Å². The highest BCUT2D eigenvalue weighted by Gasteiger charge is 2.20. The molecule has 0 aliphatic rings. The van der Waals surface area contributed by atoms with Crippen molar-refractivity contribution in [1.82, 2.24) is 19.8 Å². The van der Waals surface area contributed by atoms with Crippen molar-refractivity contribution in [1.29, 1.82) is 0 Å². The van der Waals surface area contributed by atoms with Crippen LogP contribution >= 0.6 is 11.6 Å². The van der Waals surface area contributed by atoms with Crippen LogP contribution in [0.3, 0.4) is 0 Å². The van der Waals surface area contributed by atoms with Crippen LogP contribution in [0, 0.1) is 0 Å². The SMILES string of the molecule is C=CCN(Cc1nccn1Cc1ccccc1Cl)C(=O)NC(C)(C)C. The first-order chi connectivity index (χ1) is 11.8. The van der Waals surface area contributed by atoms with Gasteiger partial charge in [0.25, 0.3) is 0 Å². The maximum Gasteiger partial charge on any atom is 0.318 e. The molecule has 2 amide bonds. The first-order valence-corrected chi connectivity index (χ1v) is 8.59. The molecule has 5 nitrogen and oxygen atoms in total. The number of urea groups is 1. The van der Waals surface area contributed by atoms with E-state index in [2.05, 4.69) is 16.9 Å². The summed E-state index contributed by atoms with van der Waals surface area (Å²) in [6.45, 7) is 11.1. The molecule has 1 aromatic heterocycles. The van der Waals surface area contributed by atoms with Crippen molar-refractivity contribution in [3.8, 4) is 0 Å². The van der Waals surface area contributed by atoms with Crippen LogP contribution in [0.5, 0.6) is 0 Å². The van der Waals surface area contributed by atoms with E-state index in [9.17, 15) is 4.79 Å². The van der Waals surface area contributed by atoms with E-state index >= 15 is 0 Å². The Labute approximate surface area is 154 Å². The summed E-state index contributed by atoms with van der Waals surface area (Å²) in [5.74, 6) is 0.797. The highest BCUT2D eigenvalue weighted by molar-refractivity contribution is 6.31. The van der Waals surface area contributed by atoms with Crippen LogP contribution in [0.25, 0.3) is 0 Å². The van der Waals surface area contributed by atoms with Crippen LogP contribution in [0.1, 0.15) is 32.2 Å². The van der Waals surface area contributed by atoms with E-state index < -0.39 is 0 Å². The molecule has 6 heteroatoms. The van der Waals surface area contributed by atoms with Crippen molar-refractivity contribution < 1.29 is 4.79 Å². The molecule has 25 heavy (non-hydrogen) atoms. The van der Waals surface area contributed by atoms with Gasteiger partial charge in [0.2, 0.25) is 0 Å². The van der Waals surface area contributed by atoms with Crippen LogP contribution in [-0.2, 0) is 13.1 Å². The molecule has 0 unspecified atom stereocenters. The number of carbonyl (C=O) groups excluding carboxylic acids is 1. The number of rotatable bonds is 6. The van der Waals surface area contributed by atoms with Gasteiger partial charge in [-0.1, -0.05) is 35.9 Å². The molecule has 0 spiro atoms. The minimum absolute atomic E-state index is 0.139. The number of hydrogen-bond donors (Lipinski definition) is 1. The van der Waals surface area contributed by atoms with Crippen molar-refractivity contribution >= 4 is 17.6 Å². The van der Waals surface area contributed by atoms with Crippen molar-refractivity contribution in [3.63, 3.8) is 0 Å². The number of imidazole rings is 1. The topological polar surface area (TPSA) is 50.2 Å². The fourth-order valence-corrected chi connectivity index (χ4v) is 2.59. The van der Waals surface area contributed by atoms with Gasteiger partial charge in [0.15, 0.2) is 0 Å². The van der Waals surface area contributed by atoms with Crippen LogP contribution in [0.15, 0.2) is 49.3 Å². The summed E-state index contributed by atoms with van der Waals surface area (Å²) in [6, 6.07) is 7.58. The lowest BCUT2D eigenvalue weighted by Crippen LogP contribution is -2.48. The number of carbonyl (C=O) groups is 1. The summed E-state index contributed by atoms with van der Waals surface area (Å²) < 4.78 is 2.00. The van der Waals surface area contributed by atoms with E-state index in [0.717, 1.165) is 16.4 Å². The lowest BCUT2D eigenvalue weighted by Gasteiger charge is -2.27. The number of aromatic nitrogens is 2. The highest BCUT2D eigenvalue weighted by Crippen LogP contribution is 2.17. The number of nitrogens with zero attached hydrogens (tertiary/aromatic N) is 3. The zero-order chi connectivity index (χ0) is 18.4. The summed E-state index contributed by atoms with van der Waals surface area (Å²) >= 11 is 6.25. The van der Waals surface area contributed by atoms with Crippen LogP contribution < -0.4 is 5.32 Å². The number of halogens is 1. The summed E-state index contributed by atoms with van der Waals surface area (Å²) in [7, 11) is 0. The molecule has 0 fully saturated rings. The van der Waals surface area contributed by atoms with Gasteiger partial charge in [0.1, 0.15) is 5.82 Å². The number of nitrogens with one attached hydrogen (secondary N) is 1. The minimum atomic E-state index is -0.302. The van der Waals surface area contributed by atoms with Gasteiger partial charge in [-0.15, -0.1) is 6.58 Å². The molecule has 0 aliphatic carbocycles. The fraction of sp³-hybridized carbons (Fsp3) is 0.368. The van der Waals surface area contributed by atoms with Crippen LogP contribution in [-0.4, -0.2) is 32.6 Å². The number of amides is 2. The van der Waals surface area contributed by atoms with Crippen molar-refractivity contribution in [2.24, 2.45) is 0 Å². The van der Waals surface area contributed by atoms with Crippen molar-refractivity contribution in [2.45, 2.75) is 39.4 Å². The molecule has 0 bridgehead atoms. The smallest absolute Gasteiger partial charge is 0.318 e. The largest absolute Gasteiger partial charge is 0.333 e. The zero-order valence-electron chi connectivity index (χ0n) is 15.0. The maximum absolute atomic E-state index is 12.5. The standard InChI is InChI=1S/C19H25ClN4O/c1-5-11-24(18(25)22-19(2,3)4)14-17-21-10-12-23(17)13-15-8-6-7-9-16(15)20/h5-10,12H,1,11,13-14H2,2-4H3,(H,22,25). The van der Waals surface area contributed by atoms with E-state index in [1.54, 1.807) is 17.2 Å². The molecule has 0 radical (unpaired) electrons. The monoisotopic (exact) mass is 360 g/mol. The Morgan fingerprint density at radius 2 is 2.12 bits per heavy atom. The fourth-order valence-electron chi connectivity index (χ4n) is 2.39. The third kappa shape index (κ3) is 5.64. The minimum Gasteiger partial charge on any atom is -0.333 e. The lowest BCUT2D eigenvalue weighted by atomic mass is 10.1. The molecular formula is C19H25ClN4O. The molecule has 0 atom stereocenters. The Balaban J connectivity index is 2.15. The van der Waals surface area contributed by atoms with E-state index in [1.165, 1.54) is 0 Å². The first-order valence-electron chi connectivity index (χ1n) is 8.21. The predicted molar refractivity (Wildman–Crippen MR) is 102 cm³/mol. The molecule has 0 saturated heterocycles. The summed E-state index contributed by atoms with van der Waals surface area (Å²) in [5.41, 5.74) is 0.710. The van der Waals surface area contributed by atoms with E-state index in [4.69, 9.17) is 11.6 Å². The maximum atomic E-state index is 12.5. The summed E-state index contributed by atoms with van der Waals surface area (Å²) in [4.78, 5) is 18.6. The van der Waals surface area contributed by atoms with Crippen LogP contribution in [0.4, 0.5) is 4.79 Å². The predicted octanol–water partition coefficient (Wildman–Crippen LogP) is 4.08. The Bertz CT molecular complexity index is 733. The normalized spacial score (nSPS) is 11.2. The second-order valence-corrected chi connectivity index (χ2v) is 7.32. The molecular weight excluding hydrogens is 336 g/mol. The number of hydrogen-bond acceptors (Lipinski definition) is 2. The molecule has 2 rings (SSSR count). The van der Waals surface area contributed by atoms with E-state index in [1.807, 2.05) is 55.8 Å². The molecule has 1 N–H and O–H groups in total. The van der Waals surface area contributed by atoms with E-state index in [0.29, 0.717) is 19.6 Å². The average molecular weight is 361 g/mol. The van der Waals surface area contributed by atoms with Gasteiger partial charge in [-0.25, -0.2) is 9.78 Å². The van der Waals surface area contributed by atoms with Gasteiger partial charge < -0.3 is 14.8 Å². The number of benzene rings is 1. The summed E-state index contributed by atoms with van der Waals surface area (Å²) in [6.07, 6.45) is 5.34. The molecule has 1 heterocycles. The van der Waals surface area contributed by atoms with Gasteiger partial charge in [-0.2, -0.15) is 0 Å². The Morgan fingerprint density at radius 1 is 1.40 bits per heavy atom. The lowest BCUT2D eigenvalue weighted by molar-refractivity contribution is 0.190. The van der Waals surface area contributed by atoms with Crippen molar-refractivity contribution in [3.05, 3.63) is 65.7 Å². The third-order valence-electron chi connectivity index (χ3n) is 3.55. The second kappa shape index (κ2) is 8.21. The van der Waals surface area contributed by atoms with Crippen molar-refractivity contribution in [2.75, 3.05) is 6.54 Å². The third-order valence-corrected chi connectivity index (χ3v) is 3.92. The Hall–Kier alpha value is -2.27. The first kappa shape index (κ1) is 19.1. The Morgan fingerprint density at radius 3 is 2.76 bits per heavy atom. The van der Waals surface area contributed by atoms with Crippen LogP contribution in [0.2, 0.25) is 5.02 Å². The molecule has 2 aromatic rings. The molecule has 134 valence electrons. The van der Waals surface area contributed by atoms with Gasteiger partial charge in [-0.05, 0) is 32.4 Å². The average Bonchev–Trinajstić information content (AvgIpc) is 2.94. The Kier molecular flexibility index (Phi) is 6.26. The summed E-state index contributed by atoms with van der Waals surface area (Å²) in [5, 5.41) is 3.69. The van der Waals surface area contributed by atoms with Gasteiger partial charge in [-0.3, -0.25) is 0 Å². The van der Waals surface area contributed by atoms with Gasteiger partial charge in [0, 0.05) is 29.5 Å². The zero-order valence-corrected chi connectivity index (χ0v) is 15.8. The highest BCUT2D eigenvalue weighted by atomic mass is 35.5. The molecule has 0 aliphatic heterocycles. The van der Waals surface area contributed by atoms with E-state index in [-0.39, 0.29) is 11.6 Å². The second-order valence-electron chi connectivity index (χ2n) is 6.91. The molecule has 0 saturated carbocycles. The van der Waals surface area contributed by atoms with Gasteiger partial charge in [0.05, 0.1) is 13.1 Å².